The minimum Gasteiger partial charge on any atom is -0.496 e. The molecule has 0 saturated heterocycles. The predicted molar refractivity (Wildman–Crippen MR) is 137 cm³/mol. The van der Waals surface area contributed by atoms with Crippen LogP contribution in [0, 0.1) is 0 Å². The Kier molecular flexibility index (Phi) is 7.70. The topological polar surface area (TPSA) is 67.9 Å². The van der Waals surface area contributed by atoms with Crippen LogP contribution < -0.4 is 14.8 Å². The maximum atomic E-state index is 13.0. The highest BCUT2D eigenvalue weighted by atomic mass is 16.5. The Morgan fingerprint density at radius 1 is 1.11 bits per heavy atom. The van der Waals surface area contributed by atoms with Gasteiger partial charge in [-0.25, -0.2) is 0 Å². The summed E-state index contributed by atoms with van der Waals surface area (Å²) in [5.41, 5.74) is 3.60. The number of nitrogens with zero attached hydrogens (tertiary/aromatic N) is 1. The lowest BCUT2D eigenvalue weighted by Gasteiger charge is -2.22. The molecule has 4 rings (SSSR count). The molecule has 1 aliphatic rings. The second-order valence-electron chi connectivity index (χ2n) is 8.76. The van der Waals surface area contributed by atoms with Crippen LogP contribution in [0.25, 0.3) is 0 Å². The van der Waals surface area contributed by atoms with E-state index in [4.69, 9.17) is 9.47 Å². The summed E-state index contributed by atoms with van der Waals surface area (Å²) in [5, 5.41) is 3.06. The smallest absolute Gasteiger partial charge is 0.263 e. The molecule has 0 aliphatic carbocycles. The first kappa shape index (κ1) is 24.3. The van der Waals surface area contributed by atoms with Gasteiger partial charge in [-0.3, -0.25) is 9.59 Å². The molecule has 2 amide bonds. The molecular formula is C29H32N2O4. The van der Waals surface area contributed by atoms with Crippen molar-refractivity contribution in [3.8, 4) is 11.5 Å². The number of fused-ring (bicyclic) bond motifs is 1. The highest BCUT2D eigenvalue weighted by molar-refractivity contribution is 5.96. The summed E-state index contributed by atoms with van der Waals surface area (Å²) in [6.45, 7) is 4.73. The molecule has 6 nitrogen and oxygen atoms in total. The standard InChI is InChI=1S/C29H32N2O4/c1-4-25(21-10-6-5-7-11-21)28(32)30-24-14-15-27-23(18-24)19-31(29(33)20(2)35-27)17-16-22-12-8-9-13-26(22)34-3/h5-15,18,20,25H,4,16-17,19H2,1-3H3,(H,30,32). The van der Waals surface area contributed by atoms with Gasteiger partial charge in [-0.2, -0.15) is 0 Å². The van der Waals surface area contributed by atoms with Crippen molar-refractivity contribution in [2.75, 3.05) is 19.0 Å². The van der Waals surface area contributed by atoms with E-state index in [0.717, 1.165) is 22.4 Å². The Hall–Kier alpha value is -3.80. The molecule has 1 aliphatic heterocycles. The minimum atomic E-state index is -0.586. The van der Waals surface area contributed by atoms with Crippen molar-refractivity contribution in [1.82, 2.24) is 4.90 Å². The number of carbonyl (C=O) groups excluding carboxylic acids is 2. The van der Waals surface area contributed by atoms with Crippen LogP contribution in [0.4, 0.5) is 5.69 Å². The summed E-state index contributed by atoms with van der Waals surface area (Å²) in [5.74, 6) is 1.14. The summed E-state index contributed by atoms with van der Waals surface area (Å²) in [4.78, 5) is 27.9. The van der Waals surface area contributed by atoms with Gasteiger partial charge >= 0.3 is 0 Å². The van der Waals surface area contributed by atoms with Gasteiger partial charge in [0.15, 0.2) is 6.10 Å². The van der Waals surface area contributed by atoms with Gasteiger partial charge in [0.05, 0.1) is 13.0 Å². The van der Waals surface area contributed by atoms with Crippen LogP contribution in [-0.4, -0.2) is 36.5 Å². The summed E-state index contributed by atoms with van der Waals surface area (Å²) < 4.78 is 11.4. The van der Waals surface area contributed by atoms with Gasteiger partial charge in [0.25, 0.3) is 5.91 Å². The third-order valence-electron chi connectivity index (χ3n) is 6.42. The first-order valence-electron chi connectivity index (χ1n) is 12.1. The molecule has 3 aromatic rings. The number of rotatable bonds is 8. The maximum absolute atomic E-state index is 13.0. The lowest BCUT2D eigenvalue weighted by Crippen LogP contribution is -2.39. The maximum Gasteiger partial charge on any atom is 0.263 e. The second kappa shape index (κ2) is 11.1. The second-order valence-corrected chi connectivity index (χ2v) is 8.76. The number of amides is 2. The molecule has 1 heterocycles. The number of benzene rings is 3. The van der Waals surface area contributed by atoms with E-state index in [1.165, 1.54) is 0 Å². The third kappa shape index (κ3) is 5.65. The lowest BCUT2D eigenvalue weighted by atomic mass is 9.95. The van der Waals surface area contributed by atoms with E-state index in [1.807, 2.05) is 84.6 Å². The van der Waals surface area contributed by atoms with Gasteiger partial charge in [-0.1, -0.05) is 55.5 Å². The van der Waals surface area contributed by atoms with Gasteiger partial charge in [0.2, 0.25) is 5.91 Å². The van der Waals surface area contributed by atoms with E-state index >= 15 is 0 Å². The first-order chi connectivity index (χ1) is 17.0. The van der Waals surface area contributed by atoms with Crippen LogP contribution in [0.15, 0.2) is 72.8 Å². The molecule has 2 atom stereocenters. The molecule has 0 saturated carbocycles. The minimum absolute atomic E-state index is 0.0503. The van der Waals surface area contributed by atoms with Crippen molar-refractivity contribution in [2.24, 2.45) is 0 Å². The average Bonchev–Trinajstić information content (AvgIpc) is 2.99. The Morgan fingerprint density at radius 3 is 2.60 bits per heavy atom. The monoisotopic (exact) mass is 472 g/mol. The van der Waals surface area contributed by atoms with Crippen LogP contribution in [-0.2, 0) is 22.6 Å². The van der Waals surface area contributed by atoms with Crippen molar-refractivity contribution in [3.05, 3.63) is 89.5 Å². The fourth-order valence-corrected chi connectivity index (χ4v) is 4.52. The number of nitrogens with one attached hydrogen (secondary N) is 1. The van der Waals surface area contributed by atoms with E-state index in [2.05, 4.69) is 5.32 Å². The fraction of sp³-hybridized carbons (Fsp3) is 0.310. The van der Waals surface area contributed by atoms with Gasteiger partial charge in [0, 0.05) is 24.3 Å². The molecule has 182 valence electrons. The SMILES string of the molecule is CCC(C(=O)Nc1ccc2c(c1)CN(CCc1ccccc1OC)C(=O)C(C)O2)c1ccccc1. The van der Waals surface area contributed by atoms with Crippen molar-refractivity contribution in [3.63, 3.8) is 0 Å². The molecule has 0 fully saturated rings. The summed E-state index contributed by atoms with van der Waals surface area (Å²) in [6, 6.07) is 23.2. The summed E-state index contributed by atoms with van der Waals surface area (Å²) in [7, 11) is 1.65. The number of hydrogen-bond acceptors (Lipinski definition) is 4. The Labute approximate surface area is 206 Å². The van der Waals surface area contributed by atoms with E-state index in [0.29, 0.717) is 37.4 Å². The van der Waals surface area contributed by atoms with Crippen LogP contribution in [0.1, 0.15) is 42.9 Å². The highest BCUT2D eigenvalue weighted by Crippen LogP contribution is 2.30. The van der Waals surface area contributed by atoms with E-state index < -0.39 is 6.10 Å². The normalized spacial score (nSPS) is 16.0. The van der Waals surface area contributed by atoms with Gasteiger partial charge in [0.1, 0.15) is 11.5 Å². The van der Waals surface area contributed by atoms with Crippen LogP contribution in [0.5, 0.6) is 11.5 Å². The molecule has 0 aromatic heterocycles. The van der Waals surface area contributed by atoms with E-state index in [9.17, 15) is 9.59 Å². The predicted octanol–water partition coefficient (Wildman–Crippen LogP) is 5.18. The number of methoxy groups -OCH3 is 1. The number of anilines is 1. The van der Waals surface area contributed by atoms with Gasteiger partial charge < -0.3 is 19.7 Å². The quantitative estimate of drug-likeness (QED) is 0.491. The number of para-hydroxylation sites is 1. The largest absolute Gasteiger partial charge is 0.496 e. The summed E-state index contributed by atoms with van der Waals surface area (Å²) in [6.07, 6.45) is 0.785. The molecule has 0 bridgehead atoms. The van der Waals surface area contributed by atoms with E-state index in [1.54, 1.807) is 14.0 Å². The fourth-order valence-electron chi connectivity index (χ4n) is 4.52. The molecule has 0 radical (unpaired) electrons. The molecule has 2 unspecified atom stereocenters. The van der Waals surface area contributed by atoms with Crippen molar-refractivity contribution in [2.45, 2.75) is 45.3 Å². The van der Waals surface area contributed by atoms with Crippen LogP contribution >= 0.6 is 0 Å². The molecule has 1 N–H and O–H groups in total. The van der Waals surface area contributed by atoms with Crippen molar-refractivity contribution >= 4 is 17.5 Å². The third-order valence-corrected chi connectivity index (χ3v) is 6.42. The van der Waals surface area contributed by atoms with Crippen molar-refractivity contribution in [1.29, 1.82) is 0 Å². The molecule has 3 aromatic carbocycles. The lowest BCUT2D eigenvalue weighted by molar-refractivity contribution is -0.137. The number of ether oxygens (including phenoxy) is 2. The number of hydrogen-bond donors (Lipinski definition) is 1. The zero-order valence-corrected chi connectivity index (χ0v) is 20.5. The average molecular weight is 473 g/mol. The first-order valence-corrected chi connectivity index (χ1v) is 12.1. The van der Waals surface area contributed by atoms with Crippen LogP contribution in [0.2, 0.25) is 0 Å². The molecule has 6 heteroatoms. The Balaban J connectivity index is 1.51. The van der Waals surface area contributed by atoms with Gasteiger partial charge in [-0.05, 0) is 55.2 Å². The zero-order chi connectivity index (χ0) is 24.8. The molecule has 35 heavy (non-hydrogen) atoms. The van der Waals surface area contributed by atoms with Crippen LogP contribution in [0.3, 0.4) is 0 Å². The Bertz CT molecular complexity index is 1180. The van der Waals surface area contributed by atoms with E-state index in [-0.39, 0.29) is 17.7 Å². The number of carbonyl (C=O) groups is 2. The van der Waals surface area contributed by atoms with Crippen molar-refractivity contribution < 1.29 is 19.1 Å². The molecule has 0 spiro atoms. The Morgan fingerprint density at radius 2 is 1.86 bits per heavy atom. The molecular weight excluding hydrogens is 440 g/mol. The summed E-state index contributed by atoms with van der Waals surface area (Å²) >= 11 is 0. The van der Waals surface area contributed by atoms with Gasteiger partial charge in [-0.15, -0.1) is 0 Å². The highest BCUT2D eigenvalue weighted by Gasteiger charge is 2.28. The zero-order valence-electron chi connectivity index (χ0n) is 20.5.